The van der Waals surface area contributed by atoms with E-state index in [1.165, 1.54) is 31.4 Å². The third-order valence-corrected chi connectivity index (χ3v) is 5.43. The van der Waals surface area contributed by atoms with Crippen molar-refractivity contribution in [3.63, 3.8) is 0 Å². The highest BCUT2D eigenvalue weighted by atomic mass is 32.1. The zero-order chi connectivity index (χ0) is 21.9. The molecule has 0 spiro atoms. The molecule has 1 aromatic carbocycles. The van der Waals surface area contributed by atoms with Crippen molar-refractivity contribution in [2.75, 3.05) is 18.4 Å². The van der Waals surface area contributed by atoms with Crippen LogP contribution in [-0.4, -0.2) is 57.1 Å². The van der Waals surface area contributed by atoms with Crippen molar-refractivity contribution < 1.29 is 19.4 Å². The van der Waals surface area contributed by atoms with Gasteiger partial charge < -0.3 is 20.8 Å². The van der Waals surface area contributed by atoms with Gasteiger partial charge in [0.15, 0.2) is 0 Å². The number of anilines is 1. The van der Waals surface area contributed by atoms with Crippen molar-refractivity contribution in [1.29, 1.82) is 0 Å². The lowest BCUT2D eigenvalue weighted by Crippen LogP contribution is -2.42. The first kappa shape index (κ1) is 22.1. The Labute approximate surface area is 178 Å². The number of pyridine rings is 1. The maximum absolute atomic E-state index is 14.1. The van der Waals surface area contributed by atoms with Gasteiger partial charge in [-0.2, -0.15) is 0 Å². The summed E-state index contributed by atoms with van der Waals surface area (Å²) in [7, 11) is 0. The Morgan fingerprint density at radius 1 is 1.30 bits per heavy atom. The molecule has 0 aliphatic carbocycles. The number of aliphatic hydroxyl groups excluding tert-OH is 1. The van der Waals surface area contributed by atoms with Gasteiger partial charge in [-0.25, -0.2) is 4.39 Å². The Morgan fingerprint density at radius 3 is 2.70 bits per heavy atom. The van der Waals surface area contributed by atoms with Gasteiger partial charge in [0.1, 0.15) is 6.17 Å². The first-order chi connectivity index (χ1) is 14.2. The summed E-state index contributed by atoms with van der Waals surface area (Å²) in [5.74, 6) is -0.521. The van der Waals surface area contributed by atoms with Crippen molar-refractivity contribution in [2.45, 2.75) is 38.6 Å². The largest absolute Gasteiger partial charge is 0.392 e. The van der Waals surface area contributed by atoms with E-state index in [0.29, 0.717) is 16.6 Å². The maximum Gasteiger partial charge on any atom is 0.255 e. The van der Waals surface area contributed by atoms with Gasteiger partial charge in [-0.1, -0.05) is 6.07 Å². The molecular formula is C21H25FN4O3S. The lowest BCUT2D eigenvalue weighted by atomic mass is 10.0. The van der Waals surface area contributed by atoms with Crippen molar-refractivity contribution in [3.05, 3.63) is 41.7 Å². The topological polar surface area (TPSA) is 107 Å². The number of aliphatic hydroxyl groups is 2. The van der Waals surface area contributed by atoms with Crippen LogP contribution in [0.3, 0.4) is 0 Å². The van der Waals surface area contributed by atoms with Gasteiger partial charge in [0.05, 0.1) is 45.4 Å². The minimum atomic E-state index is -1.62. The molecule has 2 heterocycles. The number of hydrogen-bond donors (Lipinski definition) is 4. The first-order valence-corrected chi connectivity index (χ1v) is 10.4. The number of hydrogen-bond acceptors (Lipinski definition) is 7. The molecule has 0 aliphatic heterocycles. The van der Waals surface area contributed by atoms with Crippen molar-refractivity contribution in [1.82, 2.24) is 15.3 Å². The number of thiazole rings is 1. The molecular weight excluding hydrogens is 407 g/mol. The van der Waals surface area contributed by atoms with Crippen LogP contribution in [0.15, 0.2) is 36.1 Å². The molecule has 3 rings (SSSR count). The summed E-state index contributed by atoms with van der Waals surface area (Å²) in [6.07, 6.45) is 0.920. The molecule has 30 heavy (non-hydrogen) atoms. The average Bonchev–Trinajstić information content (AvgIpc) is 3.23. The summed E-state index contributed by atoms with van der Waals surface area (Å²) in [4.78, 5) is 22.2. The van der Waals surface area contributed by atoms with Gasteiger partial charge in [0.2, 0.25) is 0 Å². The fraction of sp³-hybridized carbons (Fsp3) is 0.381. The minimum Gasteiger partial charge on any atom is -0.392 e. The number of carbonyl (C=O) groups is 1. The number of alkyl halides is 1. The minimum absolute atomic E-state index is 0.222. The molecule has 0 radical (unpaired) electrons. The summed E-state index contributed by atoms with van der Waals surface area (Å²) in [6.45, 7) is 4.21. The highest BCUT2D eigenvalue weighted by molar-refractivity contribution is 7.13. The van der Waals surface area contributed by atoms with Crippen molar-refractivity contribution in [2.24, 2.45) is 0 Å². The monoisotopic (exact) mass is 432 g/mol. The SMILES string of the molecule is CC(O)CNc1c(C(=O)NCC(F)C(C)(C)O)cnc2ccc(-c3cncs3)cc12. The number of aromatic nitrogens is 2. The number of amides is 1. The van der Waals surface area contributed by atoms with Crippen molar-refractivity contribution >= 4 is 33.8 Å². The molecule has 9 heteroatoms. The van der Waals surface area contributed by atoms with Crippen LogP contribution in [0.1, 0.15) is 31.1 Å². The van der Waals surface area contributed by atoms with E-state index in [4.69, 9.17) is 0 Å². The van der Waals surface area contributed by atoms with Gasteiger partial charge in [-0.3, -0.25) is 14.8 Å². The first-order valence-electron chi connectivity index (χ1n) is 9.55. The smallest absolute Gasteiger partial charge is 0.255 e. The molecule has 0 bridgehead atoms. The van der Waals surface area contributed by atoms with Gasteiger partial charge in [-0.05, 0) is 38.5 Å². The fourth-order valence-corrected chi connectivity index (χ4v) is 3.46. The second-order valence-electron chi connectivity index (χ2n) is 7.71. The van der Waals surface area contributed by atoms with E-state index in [0.717, 1.165) is 10.4 Å². The number of fused-ring (bicyclic) bond motifs is 1. The maximum atomic E-state index is 14.1. The lowest BCUT2D eigenvalue weighted by Gasteiger charge is -2.23. The van der Waals surface area contributed by atoms with Crippen LogP contribution in [0.25, 0.3) is 21.3 Å². The summed E-state index contributed by atoms with van der Waals surface area (Å²) in [5, 5.41) is 25.8. The summed E-state index contributed by atoms with van der Waals surface area (Å²) in [5.41, 5.74) is 2.51. The third-order valence-electron chi connectivity index (χ3n) is 4.61. The van der Waals surface area contributed by atoms with Gasteiger partial charge in [0, 0.05) is 24.3 Å². The normalized spacial score (nSPS) is 13.8. The number of halogens is 1. The quantitative estimate of drug-likeness (QED) is 0.436. The third kappa shape index (κ3) is 5.10. The summed E-state index contributed by atoms with van der Waals surface area (Å²) >= 11 is 1.50. The number of benzene rings is 1. The van der Waals surface area contributed by atoms with Crippen LogP contribution in [0.5, 0.6) is 0 Å². The van der Waals surface area contributed by atoms with Crippen LogP contribution in [0.2, 0.25) is 0 Å². The van der Waals surface area contributed by atoms with Crippen LogP contribution >= 0.6 is 11.3 Å². The van der Waals surface area contributed by atoms with Crippen LogP contribution in [0, 0.1) is 0 Å². The van der Waals surface area contributed by atoms with Crippen LogP contribution in [0.4, 0.5) is 10.1 Å². The van der Waals surface area contributed by atoms with Crippen LogP contribution < -0.4 is 10.6 Å². The molecule has 3 aromatic rings. The van der Waals surface area contributed by atoms with E-state index >= 15 is 0 Å². The zero-order valence-corrected chi connectivity index (χ0v) is 17.8. The second kappa shape index (κ2) is 9.03. The predicted molar refractivity (Wildman–Crippen MR) is 117 cm³/mol. The lowest BCUT2D eigenvalue weighted by molar-refractivity contribution is -0.00177. The highest BCUT2D eigenvalue weighted by Gasteiger charge is 2.27. The molecule has 0 saturated heterocycles. The molecule has 2 unspecified atom stereocenters. The molecule has 2 atom stereocenters. The molecule has 160 valence electrons. The molecule has 0 saturated carbocycles. The van der Waals surface area contributed by atoms with E-state index in [9.17, 15) is 19.4 Å². The average molecular weight is 433 g/mol. The highest BCUT2D eigenvalue weighted by Crippen LogP contribution is 2.32. The molecule has 2 aromatic heterocycles. The zero-order valence-electron chi connectivity index (χ0n) is 17.0. The molecule has 1 amide bonds. The van der Waals surface area contributed by atoms with E-state index < -0.39 is 23.8 Å². The van der Waals surface area contributed by atoms with Gasteiger partial charge in [-0.15, -0.1) is 11.3 Å². The molecule has 0 aliphatic rings. The van der Waals surface area contributed by atoms with E-state index in [1.54, 1.807) is 18.6 Å². The Balaban J connectivity index is 1.99. The summed E-state index contributed by atoms with van der Waals surface area (Å²) in [6, 6.07) is 5.69. The fourth-order valence-electron chi connectivity index (χ4n) is 2.84. The number of nitrogens with zero attached hydrogens (tertiary/aromatic N) is 2. The molecule has 7 nitrogen and oxygen atoms in total. The number of carbonyl (C=O) groups excluding carboxylic acids is 1. The van der Waals surface area contributed by atoms with E-state index in [-0.39, 0.29) is 18.7 Å². The Hall–Kier alpha value is -2.62. The van der Waals surface area contributed by atoms with Gasteiger partial charge in [0.25, 0.3) is 5.91 Å². The van der Waals surface area contributed by atoms with Crippen molar-refractivity contribution in [3.8, 4) is 10.4 Å². The summed E-state index contributed by atoms with van der Waals surface area (Å²) < 4.78 is 14.1. The standard InChI is InChI=1S/C21H25FN4O3S/c1-12(27)7-25-19-14-6-13(17-9-23-11-30-17)4-5-16(14)24-8-15(19)20(28)26-10-18(22)21(2,3)29/h4-6,8-9,11-12,18,27,29H,7,10H2,1-3H3,(H,24,25)(H,26,28). The molecule has 0 fully saturated rings. The van der Waals surface area contributed by atoms with E-state index in [2.05, 4.69) is 20.6 Å². The second-order valence-corrected chi connectivity index (χ2v) is 8.59. The van der Waals surface area contributed by atoms with E-state index in [1.807, 2.05) is 18.2 Å². The molecule has 4 N–H and O–H groups in total. The van der Waals surface area contributed by atoms with Crippen LogP contribution in [-0.2, 0) is 0 Å². The Morgan fingerprint density at radius 2 is 2.07 bits per heavy atom. The number of rotatable bonds is 8. The van der Waals surface area contributed by atoms with Gasteiger partial charge >= 0.3 is 0 Å². The Kier molecular flexibility index (Phi) is 6.64. The number of nitrogens with one attached hydrogen (secondary N) is 2. The Bertz CT molecular complexity index is 1020. The predicted octanol–water partition coefficient (Wildman–Crippen LogP) is 2.99.